The van der Waals surface area contributed by atoms with Crippen LogP contribution in [0, 0.1) is 27.3 Å². The number of hydrogen-bond acceptors (Lipinski definition) is 4. The van der Waals surface area contributed by atoms with E-state index in [9.17, 15) is 14.5 Å². The van der Waals surface area contributed by atoms with Gasteiger partial charge >= 0.3 is 0 Å². The van der Waals surface area contributed by atoms with Crippen molar-refractivity contribution in [2.45, 2.75) is 0 Å². The second-order valence-electron chi connectivity index (χ2n) is 2.37. The Kier molecular flexibility index (Phi) is 2.62. The Hall–Kier alpha value is -2.16. The molecule has 72 valence electrons. The van der Waals surface area contributed by atoms with Gasteiger partial charge in [-0.25, -0.2) is 4.39 Å². The van der Waals surface area contributed by atoms with Crippen LogP contribution in [0.1, 0.15) is 5.56 Å². The van der Waals surface area contributed by atoms with Crippen LogP contribution in [-0.4, -0.2) is 12.0 Å². The molecule has 1 aromatic carbocycles. The molecule has 0 radical (unpaired) electrons. The molecular formula is C8H5FN2O3. The molecule has 1 rings (SSSR count). The fraction of sp³-hybridized carbons (Fsp3) is 0.125. The van der Waals surface area contributed by atoms with Gasteiger partial charge in [-0.05, 0) is 0 Å². The lowest BCUT2D eigenvalue weighted by Crippen LogP contribution is -1.96. The van der Waals surface area contributed by atoms with Crippen LogP contribution in [-0.2, 0) is 0 Å². The Morgan fingerprint density at radius 3 is 2.71 bits per heavy atom. The number of nitro groups is 1. The SMILES string of the molecule is COc1cc([N+](=O)[O-])c(C#N)cc1F. The van der Waals surface area contributed by atoms with E-state index in [0.29, 0.717) is 0 Å². The second-order valence-corrected chi connectivity index (χ2v) is 2.37. The van der Waals surface area contributed by atoms with Crippen LogP contribution in [0.3, 0.4) is 0 Å². The van der Waals surface area contributed by atoms with Crippen molar-refractivity contribution in [2.75, 3.05) is 7.11 Å². The average Bonchev–Trinajstić information content (AvgIpc) is 2.16. The molecule has 0 saturated heterocycles. The summed E-state index contributed by atoms with van der Waals surface area (Å²) in [6.07, 6.45) is 0. The molecule has 14 heavy (non-hydrogen) atoms. The van der Waals surface area contributed by atoms with Crippen LogP contribution < -0.4 is 4.74 Å². The third kappa shape index (κ3) is 1.61. The summed E-state index contributed by atoms with van der Waals surface area (Å²) in [5, 5.41) is 18.9. The highest BCUT2D eigenvalue weighted by atomic mass is 19.1. The number of rotatable bonds is 2. The number of hydrogen-bond donors (Lipinski definition) is 0. The van der Waals surface area contributed by atoms with Crippen molar-refractivity contribution in [1.29, 1.82) is 5.26 Å². The largest absolute Gasteiger partial charge is 0.493 e. The van der Waals surface area contributed by atoms with Gasteiger partial charge in [-0.2, -0.15) is 5.26 Å². The minimum Gasteiger partial charge on any atom is -0.493 e. The van der Waals surface area contributed by atoms with Gasteiger partial charge in [0.1, 0.15) is 11.6 Å². The lowest BCUT2D eigenvalue weighted by Gasteiger charge is -2.01. The Morgan fingerprint density at radius 2 is 2.29 bits per heavy atom. The van der Waals surface area contributed by atoms with E-state index >= 15 is 0 Å². The highest BCUT2D eigenvalue weighted by Gasteiger charge is 2.18. The molecule has 0 aliphatic carbocycles. The fourth-order valence-electron chi connectivity index (χ4n) is 0.940. The average molecular weight is 196 g/mol. The molecule has 0 N–H and O–H groups in total. The first-order chi connectivity index (χ1) is 6.60. The number of nitrogens with zero attached hydrogens (tertiary/aromatic N) is 2. The van der Waals surface area contributed by atoms with Crippen LogP contribution in [0.15, 0.2) is 12.1 Å². The van der Waals surface area contributed by atoms with Crippen molar-refractivity contribution in [2.24, 2.45) is 0 Å². The van der Waals surface area contributed by atoms with Crippen molar-refractivity contribution in [1.82, 2.24) is 0 Å². The molecule has 0 bridgehead atoms. The normalized spacial score (nSPS) is 9.21. The third-order valence-electron chi connectivity index (χ3n) is 1.59. The van der Waals surface area contributed by atoms with Gasteiger partial charge in [0.25, 0.3) is 5.69 Å². The summed E-state index contributed by atoms with van der Waals surface area (Å²) < 4.78 is 17.5. The van der Waals surface area contributed by atoms with Gasteiger partial charge in [-0.1, -0.05) is 0 Å². The summed E-state index contributed by atoms with van der Waals surface area (Å²) in [6.45, 7) is 0. The first-order valence-electron chi connectivity index (χ1n) is 3.52. The standard InChI is InChI=1S/C8H5FN2O3/c1-14-8-3-7(11(12)13)5(4-10)2-6(8)9/h2-3H,1H3. The molecule has 1 aromatic rings. The molecular weight excluding hydrogens is 191 g/mol. The summed E-state index contributed by atoms with van der Waals surface area (Å²) in [5.41, 5.74) is -0.793. The molecule has 0 atom stereocenters. The summed E-state index contributed by atoms with van der Waals surface area (Å²) in [4.78, 5) is 9.67. The fourth-order valence-corrected chi connectivity index (χ4v) is 0.940. The second kappa shape index (κ2) is 3.70. The van der Waals surface area contributed by atoms with E-state index < -0.39 is 16.4 Å². The smallest absolute Gasteiger partial charge is 0.290 e. The summed E-state index contributed by atoms with van der Waals surface area (Å²) in [5.74, 6) is -1.05. The first kappa shape index (κ1) is 9.92. The quantitative estimate of drug-likeness (QED) is 0.531. The zero-order valence-corrected chi connectivity index (χ0v) is 7.15. The van der Waals surface area contributed by atoms with Gasteiger partial charge in [-0.15, -0.1) is 0 Å². The van der Waals surface area contributed by atoms with Gasteiger partial charge in [-0.3, -0.25) is 10.1 Å². The number of benzene rings is 1. The van der Waals surface area contributed by atoms with E-state index in [-0.39, 0.29) is 11.3 Å². The van der Waals surface area contributed by atoms with Crippen molar-refractivity contribution < 1.29 is 14.1 Å². The zero-order valence-electron chi connectivity index (χ0n) is 7.15. The Balaban J connectivity index is 3.42. The molecule has 0 amide bonds. The summed E-state index contributed by atoms with van der Waals surface area (Å²) in [7, 11) is 1.19. The maximum atomic E-state index is 13.0. The lowest BCUT2D eigenvalue weighted by atomic mass is 10.2. The Bertz CT molecular complexity index is 425. The minimum atomic E-state index is -0.797. The molecule has 6 heteroatoms. The van der Waals surface area contributed by atoms with Gasteiger partial charge in [0.2, 0.25) is 0 Å². The maximum absolute atomic E-state index is 13.0. The van der Waals surface area contributed by atoms with Crippen LogP contribution in [0.5, 0.6) is 5.75 Å². The Labute approximate surface area is 78.5 Å². The molecule has 0 aliphatic heterocycles. The molecule has 0 aromatic heterocycles. The van der Waals surface area contributed by atoms with Crippen LogP contribution in [0.2, 0.25) is 0 Å². The maximum Gasteiger partial charge on any atom is 0.290 e. The van der Waals surface area contributed by atoms with Gasteiger partial charge in [0.05, 0.1) is 18.1 Å². The van der Waals surface area contributed by atoms with E-state index in [1.165, 1.54) is 13.2 Å². The summed E-state index contributed by atoms with van der Waals surface area (Å²) >= 11 is 0. The molecule has 0 aliphatic rings. The molecule has 0 heterocycles. The summed E-state index contributed by atoms with van der Waals surface area (Å²) in [6, 6.07) is 3.19. The van der Waals surface area contributed by atoms with Crippen molar-refractivity contribution in [3.63, 3.8) is 0 Å². The number of nitro benzene ring substituents is 1. The van der Waals surface area contributed by atoms with Gasteiger partial charge < -0.3 is 4.74 Å². The topological polar surface area (TPSA) is 76.2 Å². The highest BCUT2D eigenvalue weighted by Crippen LogP contribution is 2.26. The van der Waals surface area contributed by atoms with Crippen LogP contribution in [0.4, 0.5) is 10.1 Å². The number of nitriles is 1. The van der Waals surface area contributed by atoms with Crippen LogP contribution in [0.25, 0.3) is 0 Å². The van der Waals surface area contributed by atoms with E-state index in [1.54, 1.807) is 0 Å². The first-order valence-corrected chi connectivity index (χ1v) is 3.52. The van der Waals surface area contributed by atoms with E-state index in [2.05, 4.69) is 4.74 Å². The lowest BCUT2D eigenvalue weighted by molar-refractivity contribution is -0.385. The van der Waals surface area contributed by atoms with Gasteiger partial charge in [0.15, 0.2) is 11.6 Å². The molecule has 0 fully saturated rings. The number of ether oxygens (including phenoxy) is 1. The van der Waals surface area contributed by atoms with Crippen molar-refractivity contribution in [3.05, 3.63) is 33.6 Å². The van der Waals surface area contributed by atoms with Crippen LogP contribution >= 0.6 is 0 Å². The molecule has 0 unspecified atom stereocenters. The van der Waals surface area contributed by atoms with E-state index in [0.717, 1.165) is 12.1 Å². The number of methoxy groups -OCH3 is 1. The zero-order chi connectivity index (χ0) is 10.7. The predicted molar refractivity (Wildman–Crippen MR) is 44.3 cm³/mol. The highest BCUT2D eigenvalue weighted by molar-refractivity contribution is 5.52. The predicted octanol–water partition coefficient (Wildman–Crippen LogP) is 1.61. The third-order valence-corrected chi connectivity index (χ3v) is 1.59. The van der Waals surface area contributed by atoms with Gasteiger partial charge in [0, 0.05) is 6.07 Å². The van der Waals surface area contributed by atoms with Crippen molar-refractivity contribution >= 4 is 5.69 Å². The monoisotopic (exact) mass is 196 g/mol. The molecule has 0 spiro atoms. The Morgan fingerprint density at radius 1 is 1.64 bits per heavy atom. The van der Waals surface area contributed by atoms with E-state index in [1.807, 2.05) is 0 Å². The van der Waals surface area contributed by atoms with E-state index in [4.69, 9.17) is 5.26 Å². The minimum absolute atomic E-state index is 0.254. The van der Waals surface area contributed by atoms with Crippen molar-refractivity contribution in [3.8, 4) is 11.8 Å². The molecule has 5 nitrogen and oxygen atoms in total. The molecule has 0 saturated carbocycles. The number of halogens is 1.